The van der Waals surface area contributed by atoms with Gasteiger partial charge in [0.1, 0.15) is 17.5 Å². The van der Waals surface area contributed by atoms with Crippen LogP contribution in [0.25, 0.3) is 0 Å². The minimum Gasteiger partial charge on any atom is -0.313 e. The van der Waals surface area contributed by atoms with Gasteiger partial charge in [-0.1, -0.05) is 0 Å². The topological polar surface area (TPSA) is 50.7 Å². The molecule has 0 radical (unpaired) electrons. The van der Waals surface area contributed by atoms with Gasteiger partial charge in [0.25, 0.3) is 0 Å². The maximum atomic E-state index is 4.83. The van der Waals surface area contributed by atoms with E-state index in [2.05, 4.69) is 10.3 Å². The molecule has 4 bridgehead atoms. The average Bonchev–Trinajstić information content (AvgIpc) is 2.36. The van der Waals surface area contributed by atoms with Crippen LogP contribution in [-0.2, 0) is 12.0 Å². The summed E-state index contributed by atoms with van der Waals surface area (Å²) >= 11 is 0. The van der Waals surface area contributed by atoms with Crippen molar-refractivity contribution in [1.82, 2.24) is 20.3 Å². The summed E-state index contributed by atoms with van der Waals surface area (Å²) in [4.78, 5) is 14.1. The van der Waals surface area contributed by atoms with E-state index in [0.29, 0.717) is 0 Å². The number of hydrogen-bond acceptors (Lipinski definition) is 4. The van der Waals surface area contributed by atoms with Gasteiger partial charge in [0, 0.05) is 5.41 Å². The van der Waals surface area contributed by atoms with Crippen molar-refractivity contribution >= 4 is 0 Å². The van der Waals surface area contributed by atoms with Gasteiger partial charge in [0.15, 0.2) is 0 Å². The molecule has 0 atom stereocenters. The summed E-state index contributed by atoms with van der Waals surface area (Å²) in [6, 6.07) is 0. The molecular formula is C16H24N4. The van der Waals surface area contributed by atoms with Gasteiger partial charge in [-0.3, -0.25) is 0 Å². The Morgan fingerprint density at radius 3 is 2.15 bits per heavy atom. The van der Waals surface area contributed by atoms with Crippen LogP contribution in [-0.4, -0.2) is 22.0 Å². The highest BCUT2D eigenvalue weighted by Crippen LogP contribution is 2.60. The Morgan fingerprint density at radius 2 is 1.60 bits per heavy atom. The Balaban J connectivity index is 1.73. The van der Waals surface area contributed by atoms with E-state index in [1.165, 1.54) is 38.5 Å². The summed E-state index contributed by atoms with van der Waals surface area (Å²) in [5, 5.41) is 3.16. The molecule has 4 aliphatic carbocycles. The lowest BCUT2D eigenvalue weighted by atomic mass is 9.49. The fourth-order valence-electron chi connectivity index (χ4n) is 5.40. The van der Waals surface area contributed by atoms with E-state index in [1.54, 1.807) is 0 Å². The van der Waals surface area contributed by atoms with Gasteiger partial charge in [0.05, 0.1) is 6.54 Å². The number of nitrogens with one attached hydrogen (secondary N) is 1. The zero-order chi connectivity index (χ0) is 13.7. The Morgan fingerprint density at radius 1 is 1.00 bits per heavy atom. The second kappa shape index (κ2) is 4.48. The first kappa shape index (κ1) is 12.7. The largest absolute Gasteiger partial charge is 0.313 e. The predicted octanol–water partition coefficient (Wildman–Crippen LogP) is 2.37. The molecule has 0 amide bonds. The fourth-order valence-corrected chi connectivity index (χ4v) is 5.40. The van der Waals surface area contributed by atoms with E-state index in [9.17, 15) is 0 Å². The van der Waals surface area contributed by atoms with Crippen LogP contribution in [0.5, 0.6) is 0 Å². The fraction of sp³-hybridized carbons (Fsp3) is 0.812. The maximum absolute atomic E-state index is 4.83. The van der Waals surface area contributed by atoms with E-state index < -0.39 is 0 Å². The normalized spacial score (nSPS) is 38.4. The van der Waals surface area contributed by atoms with Crippen LogP contribution in [0.4, 0.5) is 0 Å². The highest BCUT2D eigenvalue weighted by atomic mass is 15.1. The molecule has 0 unspecified atom stereocenters. The number of nitrogens with zero attached hydrogens (tertiary/aromatic N) is 3. The quantitative estimate of drug-likeness (QED) is 0.918. The van der Waals surface area contributed by atoms with Crippen LogP contribution in [0, 0.1) is 24.7 Å². The van der Waals surface area contributed by atoms with Crippen molar-refractivity contribution in [3.8, 4) is 0 Å². The second-order valence-corrected chi connectivity index (χ2v) is 7.35. The van der Waals surface area contributed by atoms with E-state index >= 15 is 0 Å². The number of aryl methyl sites for hydroxylation is 1. The monoisotopic (exact) mass is 272 g/mol. The van der Waals surface area contributed by atoms with E-state index in [0.717, 1.165) is 41.8 Å². The summed E-state index contributed by atoms with van der Waals surface area (Å²) in [5.41, 5.74) is 0.283. The molecule has 4 heteroatoms. The van der Waals surface area contributed by atoms with Crippen molar-refractivity contribution in [2.45, 2.75) is 57.4 Å². The van der Waals surface area contributed by atoms with Crippen LogP contribution in [0.2, 0.25) is 0 Å². The van der Waals surface area contributed by atoms with Crippen molar-refractivity contribution < 1.29 is 0 Å². The lowest BCUT2D eigenvalue weighted by molar-refractivity contribution is -0.00971. The molecule has 1 aromatic rings. The molecule has 5 rings (SSSR count). The molecule has 0 aromatic carbocycles. The smallest absolute Gasteiger partial charge is 0.146 e. The van der Waals surface area contributed by atoms with Crippen LogP contribution < -0.4 is 5.32 Å². The van der Waals surface area contributed by atoms with Gasteiger partial charge in [-0.25, -0.2) is 15.0 Å². The standard InChI is InChI=1S/C16H24N4/c1-10-18-14(9-17-2)20-15(19-10)16-6-11-3-12(7-16)5-13(4-11)8-16/h11-13,17H,3-9H2,1-2H3. The Labute approximate surface area is 120 Å². The molecule has 4 aliphatic rings. The maximum Gasteiger partial charge on any atom is 0.146 e. The molecule has 1 heterocycles. The molecule has 4 nitrogen and oxygen atoms in total. The summed E-state index contributed by atoms with van der Waals surface area (Å²) in [6.07, 6.45) is 8.36. The highest BCUT2D eigenvalue weighted by molar-refractivity contribution is 5.18. The summed E-state index contributed by atoms with van der Waals surface area (Å²) in [6.45, 7) is 2.74. The second-order valence-electron chi connectivity index (χ2n) is 7.35. The third-order valence-electron chi connectivity index (χ3n) is 5.64. The van der Waals surface area contributed by atoms with Crippen LogP contribution in [0.1, 0.15) is 56.0 Å². The van der Waals surface area contributed by atoms with Gasteiger partial charge < -0.3 is 5.32 Å². The van der Waals surface area contributed by atoms with Crippen molar-refractivity contribution in [1.29, 1.82) is 0 Å². The van der Waals surface area contributed by atoms with Gasteiger partial charge in [0.2, 0.25) is 0 Å². The predicted molar refractivity (Wildman–Crippen MR) is 77.2 cm³/mol. The summed E-state index contributed by atoms with van der Waals surface area (Å²) in [7, 11) is 1.95. The van der Waals surface area contributed by atoms with Gasteiger partial charge >= 0.3 is 0 Å². The Hall–Kier alpha value is -1.03. The van der Waals surface area contributed by atoms with Gasteiger partial charge in [-0.15, -0.1) is 0 Å². The van der Waals surface area contributed by atoms with Gasteiger partial charge in [-0.05, 0) is 70.3 Å². The first-order valence-corrected chi connectivity index (χ1v) is 8.03. The minimum atomic E-state index is 0.283. The molecule has 4 fully saturated rings. The molecule has 1 N–H and O–H groups in total. The van der Waals surface area contributed by atoms with Crippen molar-refractivity contribution in [2.75, 3.05) is 7.05 Å². The van der Waals surface area contributed by atoms with Crippen LogP contribution in [0.3, 0.4) is 0 Å². The molecule has 4 saturated carbocycles. The van der Waals surface area contributed by atoms with E-state index in [-0.39, 0.29) is 5.41 Å². The third kappa shape index (κ3) is 1.96. The SMILES string of the molecule is CNCc1nc(C)nc(C23CC4CC(CC(C4)C2)C3)n1. The summed E-state index contributed by atoms with van der Waals surface area (Å²) < 4.78 is 0. The Kier molecular flexibility index (Phi) is 2.85. The third-order valence-corrected chi connectivity index (χ3v) is 5.64. The molecule has 0 spiro atoms. The molecule has 1 aromatic heterocycles. The lowest BCUT2D eigenvalue weighted by Crippen LogP contribution is -2.49. The highest BCUT2D eigenvalue weighted by Gasteiger charge is 2.53. The lowest BCUT2D eigenvalue weighted by Gasteiger charge is -2.56. The first-order valence-electron chi connectivity index (χ1n) is 8.03. The van der Waals surface area contributed by atoms with Crippen molar-refractivity contribution in [3.63, 3.8) is 0 Å². The number of hydrogen-bond donors (Lipinski definition) is 1. The number of aromatic nitrogens is 3. The zero-order valence-electron chi connectivity index (χ0n) is 12.5. The number of rotatable bonds is 3. The molecular weight excluding hydrogens is 248 g/mol. The molecule has 0 saturated heterocycles. The Bertz CT molecular complexity index is 490. The van der Waals surface area contributed by atoms with Crippen molar-refractivity contribution in [2.24, 2.45) is 17.8 Å². The first-order chi connectivity index (χ1) is 9.67. The molecule has 0 aliphatic heterocycles. The van der Waals surface area contributed by atoms with Crippen LogP contribution >= 0.6 is 0 Å². The van der Waals surface area contributed by atoms with Crippen molar-refractivity contribution in [3.05, 3.63) is 17.5 Å². The minimum absolute atomic E-state index is 0.283. The van der Waals surface area contributed by atoms with E-state index in [1.807, 2.05) is 14.0 Å². The van der Waals surface area contributed by atoms with Gasteiger partial charge in [-0.2, -0.15) is 0 Å². The van der Waals surface area contributed by atoms with E-state index in [4.69, 9.17) is 9.97 Å². The molecule has 20 heavy (non-hydrogen) atoms. The zero-order valence-corrected chi connectivity index (χ0v) is 12.5. The van der Waals surface area contributed by atoms with Crippen LogP contribution in [0.15, 0.2) is 0 Å². The summed E-state index contributed by atoms with van der Waals surface area (Å²) in [5.74, 6) is 5.71. The average molecular weight is 272 g/mol. The molecule has 108 valence electrons.